The summed E-state index contributed by atoms with van der Waals surface area (Å²) in [5.74, 6) is 0. The number of rotatable bonds is 1. The maximum atomic E-state index is 5.94. The molecule has 0 spiro atoms. The Bertz CT molecular complexity index is 372. The van der Waals surface area contributed by atoms with Gasteiger partial charge in [0.25, 0.3) is 0 Å². The molecule has 0 radical (unpaired) electrons. The van der Waals surface area contributed by atoms with Gasteiger partial charge in [-0.2, -0.15) is 0 Å². The first-order valence-electron chi connectivity index (χ1n) is 6.25. The number of nitrogens with zero attached hydrogens (tertiary/aromatic N) is 1. The van der Waals surface area contributed by atoms with Gasteiger partial charge in [0.05, 0.1) is 0 Å². The predicted octanol–water partition coefficient (Wildman–Crippen LogP) is 3.31. The summed E-state index contributed by atoms with van der Waals surface area (Å²) < 4.78 is 0. The van der Waals surface area contributed by atoms with Crippen LogP contribution in [0.4, 0.5) is 5.69 Å². The Hall–Kier alpha value is -0.730. The smallest absolute Gasteiger partial charge is 0.0407 e. The molecule has 1 aromatic carbocycles. The molecule has 1 aromatic rings. The molecule has 1 N–H and O–H groups in total. The Balaban J connectivity index is 2.24. The van der Waals surface area contributed by atoms with Gasteiger partial charge >= 0.3 is 0 Å². The van der Waals surface area contributed by atoms with E-state index in [9.17, 15) is 0 Å². The maximum Gasteiger partial charge on any atom is 0.0407 e. The Morgan fingerprint density at radius 3 is 2.59 bits per heavy atom. The largest absolute Gasteiger partial charge is 0.367 e. The van der Waals surface area contributed by atoms with E-state index in [-0.39, 0.29) is 5.54 Å². The zero-order valence-corrected chi connectivity index (χ0v) is 11.6. The van der Waals surface area contributed by atoms with E-state index in [2.05, 4.69) is 43.1 Å². The van der Waals surface area contributed by atoms with E-state index < -0.39 is 0 Å². The van der Waals surface area contributed by atoms with Gasteiger partial charge in [0.2, 0.25) is 0 Å². The molecule has 2 rings (SSSR count). The van der Waals surface area contributed by atoms with E-state index in [4.69, 9.17) is 11.6 Å². The fourth-order valence-electron chi connectivity index (χ4n) is 2.39. The standard InChI is InChI=1S/C14H21ClN2/c1-11-8-9-16-14(2,3)10-17(11)13-6-4-12(15)5-7-13/h4-7,11,16H,8-10H2,1-3H3. The van der Waals surface area contributed by atoms with Crippen LogP contribution in [0.1, 0.15) is 27.2 Å². The maximum absolute atomic E-state index is 5.94. The van der Waals surface area contributed by atoms with Crippen molar-refractivity contribution in [3.8, 4) is 0 Å². The van der Waals surface area contributed by atoms with Crippen molar-refractivity contribution < 1.29 is 0 Å². The van der Waals surface area contributed by atoms with Crippen LogP contribution >= 0.6 is 11.6 Å². The predicted molar refractivity (Wildman–Crippen MR) is 75.0 cm³/mol. The van der Waals surface area contributed by atoms with Gasteiger partial charge in [-0.15, -0.1) is 0 Å². The Kier molecular flexibility index (Phi) is 3.64. The van der Waals surface area contributed by atoms with Gasteiger partial charge in [-0.05, 0) is 58.0 Å². The number of nitrogens with one attached hydrogen (secondary N) is 1. The lowest BCUT2D eigenvalue weighted by atomic mass is 10.0. The van der Waals surface area contributed by atoms with Gasteiger partial charge in [-0.25, -0.2) is 0 Å². The van der Waals surface area contributed by atoms with Crippen molar-refractivity contribution in [2.45, 2.75) is 38.8 Å². The third kappa shape index (κ3) is 3.14. The molecule has 2 nitrogen and oxygen atoms in total. The number of anilines is 1. The summed E-state index contributed by atoms with van der Waals surface area (Å²) in [6.07, 6.45) is 1.17. The molecule has 1 heterocycles. The normalized spacial score (nSPS) is 24.5. The van der Waals surface area contributed by atoms with Crippen LogP contribution in [0.15, 0.2) is 24.3 Å². The highest BCUT2D eigenvalue weighted by atomic mass is 35.5. The molecule has 1 atom stereocenters. The minimum absolute atomic E-state index is 0.157. The van der Waals surface area contributed by atoms with Gasteiger partial charge in [0, 0.05) is 28.8 Å². The third-order valence-corrected chi connectivity index (χ3v) is 3.67. The van der Waals surface area contributed by atoms with Crippen molar-refractivity contribution in [1.82, 2.24) is 5.32 Å². The molecule has 1 unspecified atom stereocenters. The van der Waals surface area contributed by atoms with E-state index in [1.807, 2.05) is 12.1 Å². The SMILES string of the molecule is CC1CCNC(C)(C)CN1c1ccc(Cl)cc1. The molecule has 1 aliphatic rings. The van der Waals surface area contributed by atoms with Crippen LogP contribution in [0.3, 0.4) is 0 Å². The second-order valence-corrected chi connectivity index (χ2v) is 5.99. The van der Waals surface area contributed by atoms with Crippen LogP contribution in [0, 0.1) is 0 Å². The molecule has 1 saturated heterocycles. The molecular formula is C14H21ClN2. The monoisotopic (exact) mass is 252 g/mol. The average Bonchev–Trinajstić information content (AvgIpc) is 2.39. The second-order valence-electron chi connectivity index (χ2n) is 5.55. The molecule has 94 valence electrons. The quantitative estimate of drug-likeness (QED) is 0.825. The van der Waals surface area contributed by atoms with Crippen molar-refractivity contribution >= 4 is 17.3 Å². The molecule has 0 amide bonds. The molecule has 0 aliphatic carbocycles. The van der Waals surface area contributed by atoms with Crippen LogP contribution in [0.5, 0.6) is 0 Å². The lowest BCUT2D eigenvalue weighted by Crippen LogP contribution is -2.47. The zero-order chi connectivity index (χ0) is 12.5. The zero-order valence-electron chi connectivity index (χ0n) is 10.8. The fraction of sp³-hybridized carbons (Fsp3) is 0.571. The van der Waals surface area contributed by atoms with Crippen molar-refractivity contribution in [2.24, 2.45) is 0 Å². The minimum Gasteiger partial charge on any atom is -0.367 e. The van der Waals surface area contributed by atoms with Crippen LogP contribution < -0.4 is 10.2 Å². The number of halogens is 1. The van der Waals surface area contributed by atoms with Crippen LogP contribution in [0.25, 0.3) is 0 Å². The van der Waals surface area contributed by atoms with E-state index >= 15 is 0 Å². The van der Waals surface area contributed by atoms with Gasteiger partial charge in [-0.1, -0.05) is 11.6 Å². The first-order chi connectivity index (χ1) is 7.98. The summed E-state index contributed by atoms with van der Waals surface area (Å²) in [5.41, 5.74) is 1.42. The lowest BCUT2D eigenvalue weighted by Gasteiger charge is -2.34. The molecule has 1 fully saturated rings. The summed E-state index contributed by atoms with van der Waals surface area (Å²) in [4.78, 5) is 2.47. The first-order valence-corrected chi connectivity index (χ1v) is 6.63. The highest BCUT2D eigenvalue weighted by Gasteiger charge is 2.27. The van der Waals surface area contributed by atoms with Crippen LogP contribution in [0.2, 0.25) is 5.02 Å². The Morgan fingerprint density at radius 1 is 1.29 bits per heavy atom. The van der Waals surface area contributed by atoms with Crippen molar-refractivity contribution in [3.63, 3.8) is 0 Å². The molecule has 1 aliphatic heterocycles. The minimum atomic E-state index is 0.157. The fourth-order valence-corrected chi connectivity index (χ4v) is 2.52. The van der Waals surface area contributed by atoms with Crippen LogP contribution in [-0.4, -0.2) is 24.7 Å². The van der Waals surface area contributed by atoms with Crippen molar-refractivity contribution in [1.29, 1.82) is 0 Å². The lowest BCUT2D eigenvalue weighted by molar-refractivity contribution is 0.415. The highest BCUT2D eigenvalue weighted by Crippen LogP contribution is 2.25. The molecular weight excluding hydrogens is 232 g/mol. The Labute approximate surface area is 109 Å². The second kappa shape index (κ2) is 4.87. The topological polar surface area (TPSA) is 15.3 Å². The summed E-state index contributed by atoms with van der Waals surface area (Å²) in [6, 6.07) is 8.72. The van der Waals surface area contributed by atoms with E-state index in [1.165, 1.54) is 12.1 Å². The van der Waals surface area contributed by atoms with Gasteiger partial charge in [0.1, 0.15) is 0 Å². The van der Waals surface area contributed by atoms with Crippen molar-refractivity contribution in [3.05, 3.63) is 29.3 Å². The van der Waals surface area contributed by atoms with Gasteiger partial charge in [-0.3, -0.25) is 0 Å². The van der Waals surface area contributed by atoms with Gasteiger partial charge in [0.15, 0.2) is 0 Å². The number of hydrogen-bond acceptors (Lipinski definition) is 2. The summed E-state index contributed by atoms with van der Waals surface area (Å²) in [6.45, 7) is 8.91. The molecule has 17 heavy (non-hydrogen) atoms. The van der Waals surface area contributed by atoms with Gasteiger partial charge < -0.3 is 10.2 Å². The van der Waals surface area contributed by atoms with E-state index in [1.54, 1.807) is 0 Å². The molecule has 0 aromatic heterocycles. The number of benzene rings is 1. The van der Waals surface area contributed by atoms with Crippen LogP contribution in [-0.2, 0) is 0 Å². The van der Waals surface area contributed by atoms with E-state index in [0.29, 0.717) is 6.04 Å². The Morgan fingerprint density at radius 2 is 1.94 bits per heavy atom. The average molecular weight is 253 g/mol. The molecule has 3 heteroatoms. The number of hydrogen-bond donors (Lipinski definition) is 1. The molecule has 0 saturated carbocycles. The summed E-state index contributed by atoms with van der Waals surface area (Å²) in [7, 11) is 0. The summed E-state index contributed by atoms with van der Waals surface area (Å²) >= 11 is 5.94. The van der Waals surface area contributed by atoms with Crippen molar-refractivity contribution in [2.75, 3.05) is 18.0 Å². The first kappa shape index (κ1) is 12.7. The molecule has 0 bridgehead atoms. The summed E-state index contributed by atoms with van der Waals surface area (Å²) in [5, 5.41) is 4.39. The third-order valence-electron chi connectivity index (χ3n) is 3.42. The highest BCUT2D eigenvalue weighted by molar-refractivity contribution is 6.30. The van der Waals surface area contributed by atoms with E-state index in [0.717, 1.165) is 18.1 Å².